The lowest BCUT2D eigenvalue weighted by molar-refractivity contribution is 0.298. The number of anilines is 1. The molecule has 0 aliphatic heterocycles. The first-order valence-corrected chi connectivity index (χ1v) is 4.59. The van der Waals surface area contributed by atoms with Crippen LogP contribution < -0.4 is 5.73 Å². The van der Waals surface area contributed by atoms with E-state index in [-0.39, 0.29) is 0 Å². The van der Waals surface area contributed by atoms with Gasteiger partial charge >= 0.3 is 0 Å². The van der Waals surface area contributed by atoms with Gasteiger partial charge in [0, 0.05) is 11.3 Å². The Morgan fingerprint density at radius 1 is 1.43 bits per heavy atom. The first kappa shape index (κ1) is 10.4. The Morgan fingerprint density at radius 2 is 2.07 bits per heavy atom. The molecule has 0 heterocycles. The molecule has 0 radical (unpaired) electrons. The second-order valence-electron chi connectivity index (χ2n) is 2.82. The number of allylic oxidation sites excluding steroid dienone is 2. The van der Waals surface area contributed by atoms with Crippen molar-refractivity contribution in [3.63, 3.8) is 0 Å². The maximum absolute atomic E-state index is 5.59. The van der Waals surface area contributed by atoms with E-state index < -0.39 is 0 Å². The number of ether oxygens (including phenoxy) is 1. The monoisotopic (exact) mass is 189 g/mol. The van der Waals surface area contributed by atoms with Gasteiger partial charge in [0.15, 0.2) is 0 Å². The highest BCUT2D eigenvalue weighted by Crippen LogP contribution is 2.17. The minimum Gasteiger partial charge on any atom is -0.493 e. The van der Waals surface area contributed by atoms with E-state index in [1.54, 1.807) is 6.08 Å². The first-order valence-electron chi connectivity index (χ1n) is 4.59. The Balaban J connectivity index is 2.93. The van der Waals surface area contributed by atoms with Gasteiger partial charge in [-0.15, -0.1) is 0 Å². The second-order valence-corrected chi connectivity index (χ2v) is 2.82. The molecule has 14 heavy (non-hydrogen) atoms. The number of nitrogen functional groups attached to an aromatic ring is 1. The van der Waals surface area contributed by atoms with E-state index in [0.717, 1.165) is 17.0 Å². The molecule has 0 aromatic heterocycles. The topological polar surface area (TPSA) is 35.2 Å². The Morgan fingerprint density at radius 3 is 2.57 bits per heavy atom. The molecule has 0 aliphatic rings. The maximum Gasteiger partial charge on any atom is 0.126 e. The van der Waals surface area contributed by atoms with Gasteiger partial charge in [0.1, 0.15) is 5.76 Å². The molecule has 0 spiro atoms. The van der Waals surface area contributed by atoms with Gasteiger partial charge in [-0.2, -0.15) is 0 Å². The largest absolute Gasteiger partial charge is 0.493 e. The molecular weight excluding hydrogens is 174 g/mol. The van der Waals surface area contributed by atoms with Gasteiger partial charge in [0.25, 0.3) is 0 Å². The average molecular weight is 189 g/mol. The van der Waals surface area contributed by atoms with Crippen LogP contribution in [0, 0.1) is 0 Å². The fourth-order valence-corrected chi connectivity index (χ4v) is 1.14. The van der Waals surface area contributed by atoms with Crippen LogP contribution in [0.15, 0.2) is 43.0 Å². The molecule has 1 rings (SSSR count). The number of nitrogens with two attached hydrogens (primary N) is 1. The van der Waals surface area contributed by atoms with Crippen molar-refractivity contribution in [3.05, 3.63) is 48.6 Å². The van der Waals surface area contributed by atoms with Gasteiger partial charge in [0.2, 0.25) is 0 Å². The summed E-state index contributed by atoms with van der Waals surface area (Å²) < 4.78 is 5.46. The Kier molecular flexibility index (Phi) is 3.80. The summed E-state index contributed by atoms with van der Waals surface area (Å²) in [5.74, 6) is 0.822. The minimum absolute atomic E-state index is 0.643. The highest BCUT2D eigenvalue weighted by molar-refractivity contribution is 5.63. The molecule has 0 amide bonds. The van der Waals surface area contributed by atoms with Gasteiger partial charge in [-0.05, 0) is 37.3 Å². The molecule has 2 N–H and O–H groups in total. The van der Waals surface area contributed by atoms with Crippen LogP contribution in [0.2, 0.25) is 0 Å². The SMILES string of the molecule is C=C/C=C(/OCC)c1ccc(N)cc1. The van der Waals surface area contributed by atoms with E-state index >= 15 is 0 Å². The summed E-state index contributed by atoms with van der Waals surface area (Å²) in [6, 6.07) is 7.57. The summed E-state index contributed by atoms with van der Waals surface area (Å²) in [5.41, 5.74) is 7.36. The first-order chi connectivity index (χ1) is 6.77. The molecule has 0 fully saturated rings. The van der Waals surface area contributed by atoms with Crippen molar-refractivity contribution >= 4 is 11.4 Å². The number of hydrogen-bond acceptors (Lipinski definition) is 2. The lowest BCUT2D eigenvalue weighted by Gasteiger charge is -2.08. The van der Waals surface area contributed by atoms with Crippen molar-refractivity contribution in [1.29, 1.82) is 0 Å². The molecule has 2 heteroatoms. The standard InChI is InChI=1S/C12H15NO/c1-3-5-12(14-4-2)10-6-8-11(13)9-7-10/h3,5-9H,1,4,13H2,2H3/b12-5+. The molecule has 1 aromatic carbocycles. The van der Waals surface area contributed by atoms with Crippen LogP contribution in [-0.2, 0) is 4.74 Å². The molecule has 0 bridgehead atoms. The summed E-state index contributed by atoms with van der Waals surface area (Å²) >= 11 is 0. The van der Waals surface area contributed by atoms with E-state index in [9.17, 15) is 0 Å². The third-order valence-corrected chi connectivity index (χ3v) is 1.76. The summed E-state index contributed by atoms with van der Waals surface area (Å²) in [4.78, 5) is 0. The van der Waals surface area contributed by atoms with Crippen LogP contribution in [0.4, 0.5) is 5.69 Å². The van der Waals surface area contributed by atoms with Crippen molar-refractivity contribution < 1.29 is 4.74 Å². The zero-order chi connectivity index (χ0) is 10.4. The van der Waals surface area contributed by atoms with Crippen LogP contribution in [0.1, 0.15) is 12.5 Å². The number of rotatable bonds is 4. The van der Waals surface area contributed by atoms with Crippen LogP contribution in [0.3, 0.4) is 0 Å². The molecule has 0 saturated carbocycles. The highest BCUT2D eigenvalue weighted by atomic mass is 16.5. The zero-order valence-corrected chi connectivity index (χ0v) is 8.36. The highest BCUT2D eigenvalue weighted by Gasteiger charge is 1.99. The average Bonchev–Trinajstić information content (AvgIpc) is 2.19. The van der Waals surface area contributed by atoms with Gasteiger partial charge < -0.3 is 10.5 Å². The van der Waals surface area contributed by atoms with Crippen molar-refractivity contribution in [2.24, 2.45) is 0 Å². The molecule has 0 atom stereocenters. The Hall–Kier alpha value is -1.70. The summed E-state index contributed by atoms with van der Waals surface area (Å²) in [5, 5.41) is 0. The summed E-state index contributed by atoms with van der Waals surface area (Å²) in [6.07, 6.45) is 3.55. The smallest absolute Gasteiger partial charge is 0.126 e. The number of benzene rings is 1. The van der Waals surface area contributed by atoms with Crippen LogP contribution in [-0.4, -0.2) is 6.61 Å². The predicted molar refractivity (Wildman–Crippen MR) is 60.7 cm³/mol. The zero-order valence-electron chi connectivity index (χ0n) is 8.36. The molecule has 0 unspecified atom stereocenters. The molecular formula is C12H15NO. The van der Waals surface area contributed by atoms with E-state index in [0.29, 0.717) is 6.61 Å². The van der Waals surface area contributed by atoms with E-state index in [2.05, 4.69) is 6.58 Å². The Labute approximate surface area is 84.7 Å². The summed E-state index contributed by atoms with van der Waals surface area (Å²) in [6.45, 7) is 6.24. The van der Waals surface area contributed by atoms with Crippen LogP contribution in [0.25, 0.3) is 5.76 Å². The third-order valence-electron chi connectivity index (χ3n) is 1.76. The summed E-state index contributed by atoms with van der Waals surface area (Å²) in [7, 11) is 0. The number of hydrogen-bond donors (Lipinski definition) is 1. The van der Waals surface area contributed by atoms with Crippen molar-refractivity contribution in [3.8, 4) is 0 Å². The molecule has 2 nitrogen and oxygen atoms in total. The van der Waals surface area contributed by atoms with E-state index in [1.165, 1.54) is 0 Å². The quantitative estimate of drug-likeness (QED) is 0.449. The lowest BCUT2D eigenvalue weighted by atomic mass is 10.1. The van der Waals surface area contributed by atoms with Crippen molar-refractivity contribution in [1.82, 2.24) is 0 Å². The van der Waals surface area contributed by atoms with Gasteiger partial charge in [-0.3, -0.25) is 0 Å². The fraction of sp³-hybridized carbons (Fsp3) is 0.167. The second kappa shape index (κ2) is 5.12. The maximum atomic E-state index is 5.59. The van der Waals surface area contributed by atoms with Gasteiger partial charge in [-0.25, -0.2) is 0 Å². The molecule has 74 valence electrons. The van der Waals surface area contributed by atoms with E-state index in [1.807, 2.05) is 37.3 Å². The lowest BCUT2D eigenvalue weighted by Crippen LogP contribution is -1.92. The fourth-order valence-electron chi connectivity index (χ4n) is 1.14. The van der Waals surface area contributed by atoms with Gasteiger partial charge in [-0.1, -0.05) is 12.7 Å². The molecule has 0 aliphatic carbocycles. The molecule has 0 saturated heterocycles. The third kappa shape index (κ3) is 2.66. The minimum atomic E-state index is 0.643. The Bertz CT molecular complexity index is 325. The van der Waals surface area contributed by atoms with Gasteiger partial charge in [0.05, 0.1) is 6.61 Å². The van der Waals surface area contributed by atoms with E-state index in [4.69, 9.17) is 10.5 Å². The van der Waals surface area contributed by atoms with Crippen molar-refractivity contribution in [2.75, 3.05) is 12.3 Å². The molecule has 1 aromatic rings. The van der Waals surface area contributed by atoms with Crippen LogP contribution >= 0.6 is 0 Å². The van der Waals surface area contributed by atoms with Crippen LogP contribution in [0.5, 0.6) is 0 Å². The van der Waals surface area contributed by atoms with Crippen molar-refractivity contribution in [2.45, 2.75) is 6.92 Å². The predicted octanol–water partition coefficient (Wildman–Crippen LogP) is 2.83. The normalized spacial score (nSPS) is 11.1.